The molecule has 3 aliphatic rings. The summed E-state index contributed by atoms with van der Waals surface area (Å²) < 4.78 is 0. The maximum absolute atomic E-state index is 12.9. The van der Waals surface area contributed by atoms with Gasteiger partial charge in [-0.15, -0.1) is 0 Å². The molecular weight excluding hydrogens is 316 g/mol. The molecule has 3 atom stereocenters. The lowest BCUT2D eigenvalue weighted by Crippen LogP contribution is -2.47. The summed E-state index contributed by atoms with van der Waals surface area (Å²) in [7, 11) is 0. The van der Waals surface area contributed by atoms with Crippen molar-refractivity contribution in [3.8, 4) is 0 Å². The number of benzene rings is 1. The summed E-state index contributed by atoms with van der Waals surface area (Å²) in [6.07, 6.45) is 1.78. The molecular formula is C19H26N4O2. The van der Waals surface area contributed by atoms with Crippen LogP contribution in [0.1, 0.15) is 12.8 Å². The number of nitrogens with zero attached hydrogens (tertiary/aromatic N) is 2. The van der Waals surface area contributed by atoms with Gasteiger partial charge in [0.05, 0.1) is 5.92 Å². The number of rotatable bonds is 2. The van der Waals surface area contributed by atoms with Crippen LogP contribution in [0.3, 0.4) is 0 Å². The molecule has 0 spiro atoms. The number of nitrogens with one attached hydrogen (secondary N) is 2. The highest BCUT2D eigenvalue weighted by atomic mass is 16.2. The van der Waals surface area contributed by atoms with Crippen molar-refractivity contribution in [3.63, 3.8) is 0 Å². The zero-order valence-corrected chi connectivity index (χ0v) is 14.5. The van der Waals surface area contributed by atoms with Crippen LogP contribution < -0.4 is 10.6 Å². The van der Waals surface area contributed by atoms with E-state index < -0.39 is 0 Å². The van der Waals surface area contributed by atoms with Crippen LogP contribution in [0, 0.1) is 17.8 Å². The molecule has 1 aromatic carbocycles. The molecule has 0 radical (unpaired) electrons. The van der Waals surface area contributed by atoms with Crippen LogP contribution >= 0.6 is 0 Å². The molecule has 0 bridgehead atoms. The first-order valence-corrected chi connectivity index (χ1v) is 9.31. The molecule has 3 heterocycles. The number of likely N-dealkylation sites (tertiary alicyclic amines) is 2. The first-order chi connectivity index (χ1) is 12.2. The average molecular weight is 342 g/mol. The normalized spacial score (nSPS) is 28.7. The Morgan fingerprint density at radius 1 is 1.00 bits per heavy atom. The first-order valence-electron chi connectivity index (χ1n) is 9.31. The number of amides is 3. The highest BCUT2D eigenvalue weighted by Crippen LogP contribution is 2.29. The van der Waals surface area contributed by atoms with Gasteiger partial charge in [-0.3, -0.25) is 4.79 Å². The van der Waals surface area contributed by atoms with E-state index in [0.29, 0.717) is 18.4 Å². The van der Waals surface area contributed by atoms with E-state index in [1.165, 1.54) is 0 Å². The summed E-state index contributed by atoms with van der Waals surface area (Å²) in [6.45, 7) is 5.07. The van der Waals surface area contributed by atoms with Crippen molar-refractivity contribution in [2.75, 3.05) is 44.6 Å². The summed E-state index contributed by atoms with van der Waals surface area (Å²) in [6, 6.07) is 9.37. The lowest BCUT2D eigenvalue weighted by atomic mass is 9.97. The Morgan fingerprint density at radius 3 is 2.44 bits per heavy atom. The van der Waals surface area contributed by atoms with E-state index in [1.54, 1.807) is 4.90 Å². The molecule has 3 fully saturated rings. The lowest BCUT2D eigenvalue weighted by molar-refractivity contribution is -0.136. The Labute approximate surface area is 148 Å². The van der Waals surface area contributed by atoms with E-state index in [1.807, 2.05) is 35.2 Å². The van der Waals surface area contributed by atoms with Crippen molar-refractivity contribution in [1.29, 1.82) is 0 Å². The number of carbonyl (C=O) groups excluding carboxylic acids is 2. The fraction of sp³-hybridized carbons (Fsp3) is 0.579. The molecule has 3 amide bonds. The summed E-state index contributed by atoms with van der Waals surface area (Å²) in [5, 5.41) is 6.34. The lowest BCUT2D eigenvalue weighted by Gasteiger charge is -2.34. The smallest absolute Gasteiger partial charge is 0.321 e. The molecule has 4 rings (SSSR count). The Balaban J connectivity index is 1.34. The molecule has 2 N–H and O–H groups in total. The van der Waals surface area contributed by atoms with Gasteiger partial charge in [-0.1, -0.05) is 18.2 Å². The Bertz CT molecular complexity index is 624. The van der Waals surface area contributed by atoms with Crippen LogP contribution in [0.15, 0.2) is 30.3 Å². The second kappa shape index (κ2) is 7.04. The van der Waals surface area contributed by atoms with Crippen LogP contribution in [-0.4, -0.2) is 61.0 Å². The molecule has 6 heteroatoms. The monoisotopic (exact) mass is 342 g/mol. The Morgan fingerprint density at radius 2 is 1.72 bits per heavy atom. The highest BCUT2D eigenvalue weighted by Gasteiger charge is 2.40. The van der Waals surface area contributed by atoms with E-state index >= 15 is 0 Å². The van der Waals surface area contributed by atoms with Gasteiger partial charge >= 0.3 is 6.03 Å². The zero-order valence-electron chi connectivity index (χ0n) is 14.5. The van der Waals surface area contributed by atoms with Gasteiger partial charge in [0, 0.05) is 45.0 Å². The number of urea groups is 1. The second-order valence-corrected chi connectivity index (χ2v) is 7.50. The van der Waals surface area contributed by atoms with E-state index in [2.05, 4.69) is 10.6 Å². The van der Waals surface area contributed by atoms with Gasteiger partial charge in [0.1, 0.15) is 0 Å². The summed E-state index contributed by atoms with van der Waals surface area (Å²) in [4.78, 5) is 29.2. The van der Waals surface area contributed by atoms with Crippen LogP contribution in [0.25, 0.3) is 0 Å². The second-order valence-electron chi connectivity index (χ2n) is 7.50. The molecule has 134 valence electrons. The standard InChI is InChI=1S/C19H26N4O2/c24-18(23-12-15-9-20-10-16(15)13-23)14-5-4-8-22(11-14)19(25)21-17-6-2-1-3-7-17/h1-3,6-7,14-16,20H,4-5,8-13H2,(H,21,25)/t14?,15-,16+. The summed E-state index contributed by atoms with van der Waals surface area (Å²) in [5.74, 6) is 1.42. The largest absolute Gasteiger partial charge is 0.342 e. The van der Waals surface area contributed by atoms with Gasteiger partial charge in [-0.05, 0) is 36.8 Å². The number of para-hydroxylation sites is 1. The van der Waals surface area contributed by atoms with Crippen LogP contribution in [0.2, 0.25) is 0 Å². The minimum Gasteiger partial charge on any atom is -0.342 e. The van der Waals surface area contributed by atoms with Gasteiger partial charge in [0.25, 0.3) is 0 Å². The molecule has 3 saturated heterocycles. The predicted molar refractivity (Wildman–Crippen MR) is 96.2 cm³/mol. The number of piperidine rings is 1. The van der Waals surface area contributed by atoms with E-state index in [0.717, 1.165) is 51.3 Å². The number of hydrogen-bond acceptors (Lipinski definition) is 3. The van der Waals surface area contributed by atoms with Gasteiger partial charge in [0.2, 0.25) is 5.91 Å². The van der Waals surface area contributed by atoms with Crippen LogP contribution in [0.5, 0.6) is 0 Å². The molecule has 25 heavy (non-hydrogen) atoms. The van der Waals surface area contributed by atoms with E-state index in [4.69, 9.17) is 0 Å². The highest BCUT2D eigenvalue weighted by molar-refractivity contribution is 5.90. The van der Waals surface area contributed by atoms with Gasteiger partial charge in [0.15, 0.2) is 0 Å². The van der Waals surface area contributed by atoms with Crippen LogP contribution in [0.4, 0.5) is 10.5 Å². The predicted octanol–water partition coefficient (Wildman–Crippen LogP) is 1.61. The molecule has 1 unspecified atom stereocenters. The third kappa shape index (κ3) is 3.49. The number of anilines is 1. The van der Waals surface area contributed by atoms with E-state index in [-0.39, 0.29) is 17.9 Å². The van der Waals surface area contributed by atoms with Crippen molar-refractivity contribution in [2.24, 2.45) is 17.8 Å². The Hall–Kier alpha value is -2.08. The zero-order chi connectivity index (χ0) is 17.2. The van der Waals surface area contributed by atoms with Crippen molar-refractivity contribution >= 4 is 17.6 Å². The van der Waals surface area contributed by atoms with Gasteiger partial charge < -0.3 is 20.4 Å². The third-order valence-electron chi connectivity index (χ3n) is 5.78. The molecule has 1 aromatic rings. The molecule has 0 aliphatic carbocycles. The number of carbonyl (C=O) groups is 2. The SMILES string of the molecule is O=C(Nc1ccccc1)N1CCCC(C(=O)N2C[C@H]3CNC[C@H]3C2)C1. The quantitative estimate of drug-likeness (QED) is 0.858. The molecule has 0 aromatic heterocycles. The topological polar surface area (TPSA) is 64.7 Å². The Kier molecular flexibility index (Phi) is 4.61. The fourth-order valence-corrected chi connectivity index (χ4v) is 4.38. The first kappa shape index (κ1) is 16.4. The summed E-state index contributed by atoms with van der Waals surface area (Å²) >= 11 is 0. The van der Waals surface area contributed by atoms with Gasteiger partial charge in [-0.25, -0.2) is 4.79 Å². The summed E-state index contributed by atoms with van der Waals surface area (Å²) in [5.41, 5.74) is 0.792. The fourth-order valence-electron chi connectivity index (χ4n) is 4.38. The number of hydrogen-bond donors (Lipinski definition) is 2. The third-order valence-corrected chi connectivity index (χ3v) is 5.78. The maximum atomic E-state index is 12.9. The maximum Gasteiger partial charge on any atom is 0.321 e. The molecule has 6 nitrogen and oxygen atoms in total. The van der Waals surface area contributed by atoms with Gasteiger partial charge in [-0.2, -0.15) is 0 Å². The average Bonchev–Trinajstić information content (AvgIpc) is 3.24. The molecule has 0 saturated carbocycles. The minimum atomic E-state index is -0.105. The minimum absolute atomic E-state index is 0.0536. The molecule has 3 aliphatic heterocycles. The van der Waals surface area contributed by atoms with Crippen molar-refractivity contribution in [2.45, 2.75) is 12.8 Å². The van der Waals surface area contributed by atoms with E-state index in [9.17, 15) is 9.59 Å². The van der Waals surface area contributed by atoms with Crippen molar-refractivity contribution < 1.29 is 9.59 Å². The van der Waals surface area contributed by atoms with Crippen molar-refractivity contribution in [3.05, 3.63) is 30.3 Å². The van der Waals surface area contributed by atoms with Crippen LogP contribution in [-0.2, 0) is 4.79 Å². The van der Waals surface area contributed by atoms with Crippen molar-refractivity contribution in [1.82, 2.24) is 15.1 Å². The number of fused-ring (bicyclic) bond motifs is 1.